The van der Waals surface area contributed by atoms with Crippen molar-refractivity contribution in [3.05, 3.63) is 28.2 Å². The third-order valence-corrected chi connectivity index (χ3v) is 2.05. The van der Waals surface area contributed by atoms with Crippen LogP contribution in [-0.4, -0.2) is 12.4 Å². The molecule has 0 aromatic heterocycles. The van der Waals surface area contributed by atoms with Crippen molar-refractivity contribution >= 4 is 29.0 Å². The zero-order chi connectivity index (χ0) is 10.6. The van der Waals surface area contributed by atoms with Crippen LogP contribution in [0.2, 0.25) is 10.0 Å². The highest BCUT2D eigenvalue weighted by molar-refractivity contribution is 6.35. The number of nitrogens with two attached hydrogens (primary N) is 1. The molecule has 0 bridgehead atoms. The van der Waals surface area contributed by atoms with Crippen molar-refractivity contribution in [1.82, 2.24) is 0 Å². The Morgan fingerprint density at radius 3 is 2.71 bits per heavy atom. The Balaban J connectivity index is 2.55. The van der Waals surface area contributed by atoms with Crippen LogP contribution in [0.25, 0.3) is 0 Å². The normalized spacial score (nSPS) is 9.86. The van der Waals surface area contributed by atoms with Gasteiger partial charge in [0.15, 0.2) is 0 Å². The number of rotatable bonds is 4. The summed E-state index contributed by atoms with van der Waals surface area (Å²) in [7, 11) is 0. The number of nitrogens with one attached hydrogen (secondary N) is 1. The van der Waals surface area contributed by atoms with E-state index in [1.54, 1.807) is 18.2 Å². The Morgan fingerprint density at radius 2 is 2.14 bits per heavy atom. The van der Waals surface area contributed by atoms with E-state index in [0.717, 1.165) is 0 Å². The van der Waals surface area contributed by atoms with Crippen molar-refractivity contribution < 1.29 is 4.74 Å². The van der Waals surface area contributed by atoms with E-state index in [1.807, 2.05) is 0 Å². The summed E-state index contributed by atoms with van der Waals surface area (Å²) in [5, 5.41) is 8.01. The van der Waals surface area contributed by atoms with Crippen LogP contribution >= 0.6 is 23.2 Å². The SMILES string of the molecule is N=C(N)CCOc1ccc(Cl)cc1Cl. The summed E-state index contributed by atoms with van der Waals surface area (Å²) in [6.45, 7) is 0.344. The Kier molecular flexibility index (Phi) is 4.04. The number of hydrogen-bond donors (Lipinski definition) is 2. The number of amidine groups is 1. The molecule has 0 aliphatic heterocycles. The smallest absolute Gasteiger partial charge is 0.138 e. The molecule has 0 saturated heterocycles. The maximum absolute atomic E-state index is 6.99. The first kappa shape index (κ1) is 11.1. The number of ether oxygens (including phenoxy) is 1. The summed E-state index contributed by atoms with van der Waals surface area (Å²) in [5.41, 5.74) is 5.17. The standard InChI is InChI=1S/C9H10Cl2N2O/c10-6-1-2-8(7(11)5-6)14-4-3-9(12)13/h1-2,5H,3-4H2,(H3,12,13). The molecule has 0 fully saturated rings. The van der Waals surface area contributed by atoms with E-state index >= 15 is 0 Å². The van der Waals surface area contributed by atoms with E-state index in [1.165, 1.54) is 0 Å². The molecule has 0 atom stereocenters. The molecule has 0 aliphatic rings. The Bertz CT molecular complexity index is 342. The highest BCUT2D eigenvalue weighted by Crippen LogP contribution is 2.27. The lowest BCUT2D eigenvalue weighted by Gasteiger charge is -2.07. The maximum Gasteiger partial charge on any atom is 0.138 e. The van der Waals surface area contributed by atoms with Gasteiger partial charge in [0.25, 0.3) is 0 Å². The molecule has 0 amide bonds. The molecule has 0 unspecified atom stereocenters. The van der Waals surface area contributed by atoms with Crippen LogP contribution < -0.4 is 10.5 Å². The molecule has 0 radical (unpaired) electrons. The van der Waals surface area contributed by atoms with Gasteiger partial charge < -0.3 is 10.5 Å². The molecular weight excluding hydrogens is 223 g/mol. The van der Waals surface area contributed by atoms with Crippen LogP contribution in [0.4, 0.5) is 0 Å². The minimum Gasteiger partial charge on any atom is -0.492 e. The van der Waals surface area contributed by atoms with Gasteiger partial charge in [0.1, 0.15) is 5.75 Å². The molecule has 3 N–H and O–H groups in total. The molecular formula is C9H10Cl2N2O. The van der Waals surface area contributed by atoms with Crippen LogP contribution in [0.5, 0.6) is 5.75 Å². The van der Waals surface area contributed by atoms with Crippen LogP contribution in [0.15, 0.2) is 18.2 Å². The van der Waals surface area contributed by atoms with Crippen molar-refractivity contribution in [1.29, 1.82) is 5.41 Å². The highest BCUT2D eigenvalue weighted by atomic mass is 35.5. The third kappa shape index (κ3) is 3.44. The van der Waals surface area contributed by atoms with Gasteiger partial charge >= 0.3 is 0 Å². The monoisotopic (exact) mass is 232 g/mol. The van der Waals surface area contributed by atoms with Crippen molar-refractivity contribution in [2.24, 2.45) is 5.73 Å². The van der Waals surface area contributed by atoms with Gasteiger partial charge in [0, 0.05) is 11.4 Å². The van der Waals surface area contributed by atoms with Crippen molar-refractivity contribution in [2.75, 3.05) is 6.61 Å². The second kappa shape index (κ2) is 5.08. The minimum atomic E-state index is 0.0927. The van der Waals surface area contributed by atoms with Crippen LogP contribution in [0, 0.1) is 5.41 Å². The van der Waals surface area contributed by atoms with E-state index in [4.69, 9.17) is 39.1 Å². The van der Waals surface area contributed by atoms with Crippen LogP contribution in [-0.2, 0) is 0 Å². The fourth-order valence-corrected chi connectivity index (χ4v) is 1.33. The van der Waals surface area contributed by atoms with Gasteiger partial charge in [-0.2, -0.15) is 0 Å². The molecule has 1 aromatic rings. The first-order chi connectivity index (χ1) is 6.59. The van der Waals surface area contributed by atoms with Gasteiger partial charge in [0.05, 0.1) is 17.5 Å². The minimum absolute atomic E-state index is 0.0927. The van der Waals surface area contributed by atoms with Gasteiger partial charge in [-0.25, -0.2) is 0 Å². The lowest BCUT2D eigenvalue weighted by molar-refractivity contribution is 0.329. The predicted molar refractivity (Wildman–Crippen MR) is 58.5 cm³/mol. The fourth-order valence-electron chi connectivity index (χ4n) is 0.863. The highest BCUT2D eigenvalue weighted by Gasteiger charge is 2.01. The summed E-state index contributed by atoms with van der Waals surface area (Å²) >= 11 is 11.6. The molecule has 76 valence electrons. The molecule has 14 heavy (non-hydrogen) atoms. The molecule has 0 aliphatic carbocycles. The molecule has 1 aromatic carbocycles. The Morgan fingerprint density at radius 1 is 1.43 bits per heavy atom. The molecule has 1 rings (SSSR count). The van der Waals surface area contributed by atoms with E-state index in [0.29, 0.717) is 28.8 Å². The molecule has 0 spiro atoms. The Hall–Kier alpha value is -0.930. The van der Waals surface area contributed by atoms with E-state index in [2.05, 4.69) is 0 Å². The average Bonchev–Trinajstić information content (AvgIpc) is 2.08. The topological polar surface area (TPSA) is 59.1 Å². The fraction of sp³-hybridized carbons (Fsp3) is 0.222. The first-order valence-electron chi connectivity index (χ1n) is 4.00. The van der Waals surface area contributed by atoms with Gasteiger partial charge in [-0.05, 0) is 18.2 Å². The average molecular weight is 233 g/mol. The van der Waals surface area contributed by atoms with Crippen LogP contribution in [0.3, 0.4) is 0 Å². The van der Waals surface area contributed by atoms with Gasteiger partial charge in [-0.15, -0.1) is 0 Å². The van der Waals surface area contributed by atoms with Crippen molar-refractivity contribution in [3.8, 4) is 5.75 Å². The quantitative estimate of drug-likeness (QED) is 0.620. The second-order valence-corrected chi connectivity index (χ2v) is 3.54. The van der Waals surface area contributed by atoms with Gasteiger partial charge in [-0.3, -0.25) is 5.41 Å². The number of halogens is 2. The summed E-state index contributed by atoms with van der Waals surface area (Å²) in [5.74, 6) is 0.646. The Labute approximate surface area is 92.3 Å². The number of benzene rings is 1. The summed E-state index contributed by atoms with van der Waals surface area (Å²) in [6, 6.07) is 4.98. The summed E-state index contributed by atoms with van der Waals surface area (Å²) < 4.78 is 5.29. The second-order valence-electron chi connectivity index (χ2n) is 2.70. The van der Waals surface area contributed by atoms with Crippen LogP contribution in [0.1, 0.15) is 6.42 Å². The van der Waals surface area contributed by atoms with E-state index < -0.39 is 0 Å². The molecule has 0 heterocycles. The molecule has 0 saturated carbocycles. The summed E-state index contributed by atoms with van der Waals surface area (Å²) in [4.78, 5) is 0. The zero-order valence-corrected chi connectivity index (χ0v) is 8.90. The first-order valence-corrected chi connectivity index (χ1v) is 4.76. The molecule has 5 heteroatoms. The third-order valence-electron chi connectivity index (χ3n) is 1.52. The van der Waals surface area contributed by atoms with E-state index in [-0.39, 0.29) is 5.84 Å². The van der Waals surface area contributed by atoms with Crippen molar-refractivity contribution in [3.63, 3.8) is 0 Å². The molecule has 3 nitrogen and oxygen atoms in total. The largest absolute Gasteiger partial charge is 0.492 e. The van der Waals surface area contributed by atoms with E-state index in [9.17, 15) is 0 Å². The number of hydrogen-bond acceptors (Lipinski definition) is 2. The van der Waals surface area contributed by atoms with Gasteiger partial charge in [0.2, 0.25) is 0 Å². The predicted octanol–water partition coefficient (Wildman–Crippen LogP) is 2.70. The van der Waals surface area contributed by atoms with Crippen molar-refractivity contribution in [2.45, 2.75) is 6.42 Å². The zero-order valence-electron chi connectivity index (χ0n) is 7.39. The lowest BCUT2D eigenvalue weighted by Crippen LogP contribution is -2.13. The lowest BCUT2D eigenvalue weighted by atomic mass is 10.3. The maximum atomic E-state index is 6.99. The summed E-state index contributed by atoms with van der Waals surface area (Å²) in [6.07, 6.45) is 0.388. The van der Waals surface area contributed by atoms with Gasteiger partial charge in [-0.1, -0.05) is 23.2 Å².